The van der Waals surface area contributed by atoms with Crippen molar-refractivity contribution in [2.24, 2.45) is 0 Å². The van der Waals surface area contributed by atoms with E-state index in [9.17, 15) is 9.59 Å². The molecule has 0 amide bonds. The molecule has 0 aliphatic heterocycles. The molecule has 0 saturated carbocycles. The number of ketones is 1. The van der Waals surface area contributed by atoms with Crippen LogP contribution in [0.15, 0.2) is 40.9 Å². The number of fused-ring (bicyclic) bond motifs is 1. The number of aliphatic carboxylic acids is 1. The van der Waals surface area contributed by atoms with E-state index in [1.165, 1.54) is 6.07 Å². The van der Waals surface area contributed by atoms with Gasteiger partial charge in [-0.25, -0.2) is 4.79 Å². The maximum atomic E-state index is 11.5. The van der Waals surface area contributed by atoms with Crippen molar-refractivity contribution in [3.63, 3.8) is 0 Å². The van der Waals surface area contributed by atoms with Crippen LogP contribution in [-0.2, 0) is 4.79 Å². The molecule has 0 aromatic heterocycles. The van der Waals surface area contributed by atoms with Gasteiger partial charge >= 0.3 is 5.97 Å². The van der Waals surface area contributed by atoms with Crippen LogP contribution in [0.1, 0.15) is 10.4 Å². The highest BCUT2D eigenvalue weighted by Crippen LogP contribution is 2.27. The van der Waals surface area contributed by atoms with Gasteiger partial charge in [-0.2, -0.15) is 0 Å². The number of benzene rings is 2. The highest BCUT2D eigenvalue weighted by atomic mass is 79.9. The second-order valence-electron chi connectivity index (χ2n) is 3.27. The molecule has 80 valence electrons. The summed E-state index contributed by atoms with van der Waals surface area (Å²) in [6.45, 7) is 0. The van der Waals surface area contributed by atoms with Gasteiger partial charge in [-0.05, 0) is 22.9 Å². The van der Waals surface area contributed by atoms with E-state index < -0.39 is 11.8 Å². The maximum Gasteiger partial charge on any atom is 0.377 e. The van der Waals surface area contributed by atoms with Crippen LogP contribution in [0.5, 0.6) is 0 Å². The van der Waals surface area contributed by atoms with Crippen molar-refractivity contribution in [2.75, 3.05) is 0 Å². The van der Waals surface area contributed by atoms with Crippen LogP contribution in [0, 0.1) is 0 Å². The quantitative estimate of drug-likeness (QED) is 0.679. The van der Waals surface area contributed by atoms with Gasteiger partial charge in [-0.1, -0.05) is 40.2 Å². The first-order valence-electron chi connectivity index (χ1n) is 4.56. The number of rotatable bonds is 2. The van der Waals surface area contributed by atoms with E-state index in [-0.39, 0.29) is 5.56 Å². The number of carboxylic acids is 1. The maximum absolute atomic E-state index is 11.5. The zero-order valence-corrected chi connectivity index (χ0v) is 9.69. The number of hydrogen-bond acceptors (Lipinski definition) is 2. The largest absolute Gasteiger partial charge is 0.475 e. The summed E-state index contributed by atoms with van der Waals surface area (Å²) >= 11 is 3.36. The molecule has 2 rings (SSSR count). The molecule has 16 heavy (non-hydrogen) atoms. The number of hydrogen-bond donors (Lipinski definition) is 1. The van der Waals surface area contributed by atoms with Gasteiger partial charge in [0, 0.05) is 10.0 Å². The van der Waals surface area contributed by atoms with E-state index in [0.717, 1.165) is 9.86 Å². The third-order valence-corrected chi connectivity index (χ3v) is 3.00. The van der Waals surface area contributed by atoms with E-state index in [1.54, 1.807) is 18.2 Å². The van der Waals surface area contributed by atoms with Crippen LogP contribution >= 0.6 is 15.9 Å². The van der Waals surface area contributed by atoms with Gasteiger partial charge in [0.15, 0.2) is 0 Å². The van der Waals surface area contributed by atoms with Crippen molar-refractivity contribution in [2.45, 2.75) is 0 Å². The Hall–Kier alpha value is -1.68. The van der Waals surface area contributed by atoms with Crippen molar-refractivity contribution in [1.29, 1.82) is 0 Å². The van der Waals surface area contributed by atoms with Crippen LogP contribution in [0.4, 0.5) is 0 Å². The number of carboxylic acid groups (broad SMARTS) is 1. The lowest BCUT2D eigenvalue weighted by Gasteiger charge is -2.04. The molecule has 0 fully saturated rings. The molecule has 0 unspecified atom stereocenters. The molecular weight excluding hydrogens is 272 g/mol. The standard InChI is InChI=1S/C12H7BrO3/c13-10-6-5-9(11(14)12(15)16)7-3-1-2-4-8(7)10/h1-6H,(H,15,16). The molecule has 0 saturated heterocycles. The lowest BCUT2D eigenvalue weighted by atomic mass is 10.0. The van der Waals surface area contributed by atoms with Crippen molar-refractivity contribution >= 4 is 38.5 Å². The van der Waals surface area contributed by atoms with Crippen molar-refractivity contribution in [3.8, 4) is 0 Å². The minimum absolute atomic E-state index is 0.214. The van der Waals surface area contributed by atoms with Crippen LogP contribution < -0.4 is 0 Å². The lowest BCUT2D eigenvalue weighted by Crippen LogP contribution is -2.13. The molecule has 0 bridgehead atoms. The first-order valence-corrected chi connectivity index (χ1v) is 5.35. The van der Waals surface area contributed by atoms with Crippen molar-refractivity contribution < 1.29 is 14.7 Å². The summed E-state index contributed by atoms with van der Waals surface area (Å²) in [5.74, 6) is -2.32. The van der Waals surface area contributed by atoms with E-state index in [1.807, 2.05) is 12.1 Å². The molecule has 2 aromatic carbocycles. The SMILES string of the molecule is O=C(O)C(=O)c1ccc(Br)c2ccccc12. The number of carbonyl (C=O) groups is 2. The Balaban J connectivity index is 2.77. The monoisotopic (exact) mass is 278 g/mol. The first-order chi connectivity index (χ1) is 7.61. The topological polar surface area (TPSA) is 54.4 Å². The van der Waals surface area contributed by atoms with E-state index in [0.29, 0.717) is 5.39 Å². The Bertz CT molecular complexity index is 590. The summed E-state index contributed by atoms with van der Waals surface area (Å²) in [7, 11) is 0. The molecule has 0 heterocycles. The molecule has 0 atom stereocenters. The summed E-state index contributed by atoms with van der Waals surface area (Å²) in [4.78, 5) is 22.1. The Morgan fingerprint density at radius 1 is 1.00 bits per heavy atom. The summed E-state index contributed by atoms with van der Waals surface area (Å²) in [6.07, 6.45) is 0. The third-order valence-electron chi connectivity index (χ3n) is 2.31. The Morgan fingerprint density at radius 3 is 2.25 bits per heavy atom. The van der Waals surface area contributed by atoms with Crippen LogP contribution in [0.25, 0.3) is 10.8 Å². The second kappa shape index (κ2) is 4.06. The normalized spacial score (nSPS) is 10.3. The lowest BCUT2D eigenvalue weighted by molar-refractivity contribution is -0.131. The highest BCUT2D eigenvalue weighted by molar-refractivity contribution is 9.10. The fourth-order valence-corrected chi connectivity index (χ4v) is 2.05. The molecule has 1 N–H and O–H groups in total. The van der Waals surface area contributed by atoms with Gasteiger partial charge in [0.25, 0.3) is 5.78 Å². The van der Waals surface area contributed by atoms with Crippen molar-refractivity contribution in [1.82, 2.24) is 0 Å². The zero-order chi connectivity index (χ0) is 11.7. The van der Waals surface area contributed by atoms with Crippen molar-refractivity contribution in [3.05, 3.63) is 46.4 Å². The molecule has 3 nitrogen and oxygen atoms in total. The van der Waals surface area contributed by atoms with E-state index in [2.05, 4.69) is 15.9 Å². The minimum Gasteiger partial charge on any atom is -0.475 e. The van der Waals surface area contributed by atoms with Crippen LogP contribution in [0.2, 0.25) is 0 Å². The fraction of sp³-hybridized carbons (Fsp3) is 0. The predicted octanol–water partition coefficient (Wildman–Crippen LogP) is 2.87. The first kappa shape index (κ1) is 10.8. The summed E-state index contributed by atoms with van der Waals surface area (Å²) in [5.41, 5.74) is 0.214. The molecule has 0 spiro atoms. The summed E-state index contributed by atoms with van der Waals surface area (Å²) < 4.78 is 0.838. The molecule has 0 aliphatic carbocycles. The summed E-state index contributed by atoms with van der Waals surface area (Å²) in [5, 5.41) is 10.2. The van der Waals surface area contributed by atoms with Crippen LogP contribution in [-0.4, -0.2) is 16.9 Å². The number of Topliss-reactive ketones (excluding diaryl/α,β-unsaturated/α-hetero) is 1. The average molecular weight is 279 g/mol. The van der Waals surface area contributed by atoms with Crippen LogP contribution in [0.3, 0.4) is 0 Å². The van der Waals surface area contributed by atoms with E-state index >= 15 is 0 Å². The second-order valence-corrected chi connectivity index (χ2v) is 4.13. The zero-order valence-electron chi connectivity index (χ0n) is 8.11. The molecule has 4 heteroatoms. The molecular formula is C12H7BrO3. The third kappa shape index (κ3) is 1.72. The Morgan fingerprint density at radius 2 is 1.62 bits per heavy atom. The average Bonchev–Trinajstić information content (AvgIpc) is 2.29. The van der Waals surface area contributed by atoms with Gasteiger partial charge in [0.2, 0.25) is 0 Å². The van der Waals surface area contributed by atoms with Gasteiger partial charge in [-0.3, -0.25) is 4.79 Å². The molecule has 2 aromatic rings. The van der Waals surface area contributed by atoms with Gasteiger partial charge in [0.05, 0.1) is 0 Å². The Kier molecular flexibility index (Phi) is 2.75. The predicted molar refractivity (Wildman–Crippen MR) is 63.6 cm³/mol. The molecule has 0 aliphatic rings. The molecule has 0 radical (unpaired) electrons. The minimum atomic E-state index is -1.44. The fourth-order valence-electron chi connectivity index (χ4n) is 1.58. The highest BCUT2D eigenvalue weighted by Gasteiger charge is 2.17. The van der Waals surface area contributed by atoms with Gasteiger partial charge in [0.1, 0.15) is 0 Å². The smallest absolute Gasteiger partial charge is 0.377 e. The number of halogens is 1. The van der Waals surface area contributed by atoms with E-state index in [4.69, 9.17) is 5.11 Å². The number of carbonyl (C=O) groups excluding carboxylic acids is 1. The van der Waals surface area contributed by atoms with Gasteiger partial charge < -0.3 is 5.11 Å². The van der Waals surface area contributed by atoms with Gasteiger partial charge in [-0.15, -0.1) is 0 Å². The Labute approximate surface area is 99.8 Å². The summed E-state index contributed by atoms with van der Waals surface area (Å²) in [6, 6.07) is 10.4.